The molecule has 7 heteroatoms. The molecule has 21 heavy (non-hydrogen) atoms. The lowest BCUT2D eigenvalue weighted by atomic mass is 10.3. The van der Waals surface area contributed by atoms with Gasteiger partial charge in [0, 0.05) is 13.1 Å². The second-order valence-corrected chi connectivity index (χ2v) is 6.52. The SMILES string of the molecule is C=C(C)CN(CC)C(=O)CSc1nc(N)c2ccsc2n1. The molecule has 112 valence electrons. The van der Waals surface area contributed by atoms with Gasteiger partial charge in [-0.15, -0.1) is 11.3 Å². The van der Waals surface area contributed by atoms with Gasteiger partial charge >= 0.3 is 0 Å². The van der Waals surface area contributed by atoms with Crippen LogP contribution >= 0.6 is 23.1 Å². The molecule has 0 saturated carbocycles. The number of fused-ring (bicyclic) bond motifs is 1. The van der Waals surface area contributed by atoms with E-state index in [1.807, 2.05) is 25.3 Å². The van der Waals surface area contributed by atoms with Crippen LogP contribution in [0.5, 0.6) is 0 Å². The number of nitrogens with two attached hydrogens (primary N) is 1. The van der Waals surface area contributed by atoms with Crippen LogP contribution in [0.2, 0.25) is 0 Å². The minimum Gasteiger partial charge on any atom is -0.383 e. The van der Waals surface area contributed by atoms with Crippen LogP contribution in [0.4, 0.5) is 5.82 Å². The van der Waals surface area contributed by atoms with Crippen LogP contribution in [0, 0.1) is 0 Å². The van der Waals surface area contributed by atoms with Gasteiger partial charge in [-0.3, -0.25) is 4.79 Å². The molecule has 0 aromatic carbocycles. The zero-order valence-corrected chi connectivity index (χ0v) is 13.8. The van der Waals surface area contributed by atoms with Gasteiger partial charge in [-0.05, 0) is 25.3 Å². The van der Waals surface area contributed by atoms with Crippen molar-refractivity contribution >= 4 is 45.0 Å². The number of thiophene rings is 1. The Kier molecular flexibility index (Phi) is 5.19. The zero-order valence-electron chi connectivity index (χ0n) is 12.1. The van der Waals surface area contributed by atoms with Crippen molar-refractivity contribution in [2.45, 2.75) is 19.0 Å². The van der Waals surface area contributed by atoms with Crippen LogP contribution in [0.15, 0.2) is 28.8 Å². The van der Waals surface area contributed by atoms with E-state index in [0.717, 1.165) is 15.8 Å². The highest BCUT2D eigenvalue weighted by Crippen LogP contribution is 2.26. The van der Waals surface area contributed by atoms with Gasteiger partial charge in [0.1, 0.15) is 10.6 Å². The molecule has 0 radical (unpaired) electrons. The molecule has 2 aromatic heterocycles. The van der Waals surface area contributed by atoms with E-state index in [-0.39, 0.29) is 5.91 Å². The Bertz CT molecular complexity index is 668. The van der Waals surface area contributed by atoms with E-state index < -0.39 is 0 Å². The Morgan fingerprint density at radius 2 is 2.29 bits per heavy atom. The molecule has 0 fully saturated rings. The third-order valence-corrected chi connectivity index (χ3v) is 4.49. The van der Waals surface area contributed by atoms with Gasteiger partial charge in [-0.2, -0.15) is 0 Å². The number of aromatic nitrogens is 2. The molecule has 0 spiro atoms. The molecular formula is C14H18N4OS2. The smallest absolute Gasteiger partial charge is 0.233 e. The van der Waals surface area contributed by atoms with Crippen LogP contribution in [0.3, 0.4) is 0 Å². The first-order valence-electron chi connectivity index (χ1n) is 6.57. The predicted molar refractivity (Wildman–Crippen MR) is 89.6 cm³/mol. The third kappa shape index (κ3) is 3.95. The first-order valence-corrected chi connectivity index (χ1v) is 8.43. The molecule has 0 saturated heterocycles. The summed E-state index contributed by atoms with van der Waals surface area (Å²) in [7, 11) is 0. The number of carbonyl (C=O) groups is 1. The molecule has 1 amide bonds. The van der Waals surface area contributed by atoms with Gasteiger partial charge in [-0.1, -0.05) is 23.9 Å². The minimum atomic E-state index is 0.0546. The molecule has 2 aromatic rings. The van der Waals surface area contributed by atoms with Crippen LogP contribution < -0.4 is 5.73 Å². The molecule has 0 aliphatic carbocycles. The summed E-state index contributed by atoms with van der Waals surface area (Å²) >= 11 is 2.83. The van der Waals surface area contributed by atoms with E-state index in [9.17, 15) is 4.79 Å². The van der Waals surface area contributed by atoms with Gasteiger partial charge in [0.15, 0.2) is 5.16 Å². The maximum Gasteiger partial charge on any atom is 0.233 e. The predicted octanol–water partition coefficient (Wildman–Crippen LogP) is 2.79. The summed E-state index contributed by atoms with van der Waals surface area (Å²) < 4.78 is 0. The van der Waals surface area contributed by atoms with E-state index in [1.54, 1.807) is 4.90 Å². The Morgan fingerprint density at radius 3 is 2.95 bits per heavy atom. The maximum atomic E-state index is 12.2. The lowest BCUT2D eigenvalue weighted by molar-refractivity contribution is -0.127. The van der Waals surface area contributed by atoms with E-state index in [2.05, 4.69) is 16.5 Å². The van der Waals surface area contributed by atoms with Gasteiger partial charge in [0.2, 0.25) is 5.91 Å². The molecule has 2 N–H and O–H groups in total. The Labute approximate surface area is 132 Å². The third-order valence-electron chi connectivity index (χ3n) is 2.85. The summed E-state index contributed by atoms with van der Waals surface area (Å²) in [6, 6.07) is 1.90. The fraction of sp³-hybridized carbons (Fsp3) is 0.357. The summed E-state index contributed by atoms with van der Waals surface area (Å²) in [6.45, 7) is 8.97. The highest BCUT2D eigenvalue weighted by Gasteiger charge is 2.14. The second-order valence-electron chi connectivity index (χ2n) is 4.68. The Balaban J connectivity index is 2.03. The summed E-state index contributed by atoms with van der Waals surface area (Å²) in [5.74, 6) is 0.821. The number of rotatable bonds is 6. The van der Waals surface area contributed by atoms with E-state index in [1.165, 1.54) is 23.1 Å². The number of amides is 1. The molecule has 0 bridgehead atoms. The van der Waals surface area contributed by atoms with Crippen LogP contribution in [-0.2, 0) is 4.79 Å². The number of hydrogen-bond donors (Lipinski definition) is 1. The van der Waals surface area contributed by atoms with Crippen molar-refractivity contribution in [2.75, 3.05) is 24.6 Å². The Morgan fingerprint density at radius 1 is 1.52 bits per heavy atom. The summed E-state index contributed by atoms with van der Waals surface area (Å²) in [5.41, 5.74) is 6.86. The van der Waals surface area contributed by atoms with E-state index in [0.29, 0.717) is 29.8 Å². The van der Waals surface area contributed by atoms with Crippen LogP contribution in [-0.4, -0.2) is 39.6 Å². The molecule has 2 rings (SSSR count). The fourth-order valence-electron chi connectivity index (χ4n) is 1.84. The number of nitrogens with zero attached hydrogens (tertiary/aromatic N) is 3. The first-order chi connectivity index (χ1) is 10.0. The largest absolute Gasteiger partial charge is 0.383 e. The molecule has 2 heterocycles. The minimum absolute atomic E-state index is 0.0546. The number of hydrogen-bond acceptors (Lipinski definition) is 6. The lowest BCUT2D eigenvalue weighted by Crippen LogP contribution is -2.33. The normalized spacial score (nSPS) is 10.8. The number of nitrogen functional groups attached to an aromatic ring is 1. The summed E-state index contributed by atoms with van der Waals surface area (Å²) in [4.78, 5) is 23.4. The monoisotopic (exact) mass is 322 g/mol. The van der Waals surface area contributed by atoms with E-state index >= 15 is 0 Å². The number of likely N-dealkylation sites (N-methyl/N-ethyl adjacent to an activating group) is 1. The topological polar surface area (TPSA) is 72.1 Å². The highest BCUT2D eigenvalue weighted by molar-refractivity contribution is 7.99. The average molecular weight is 322 g/mol. The molecule has 0 aliphatic rings. The molecule has 0 unspecified atom stereocenters. The van der Waals surface area contributed by atoms with Crippen LogP contribution in [0.1, 0.15) is 13.8 Å². The number of anilines is 1. The van der Waals surface area contributed by atoms with Gasteiger partial charge in [0.05, 0.1) is 11.1 Å². The fourth-order valence-corrected chi connectivity index (χ4v) is 3.43. The van der Waals surface area contributed by atoms with Gasteiger partial charge in [0.25, 0.3) is 0 Å². The second kappa shape index (κ2) is 6.91. The standard InChI is InChI=1S/C14H18N4OS2/c1-4-18(7-9(2)3)11(19)8-21-14-16-12(15)10-5-6-20-13(10)17-14/h5-6H,2,4,7-8H2,1,3H3,(H2,15,16,17). The van der Waals surface area contributed by atoms with Crippen molar-refractivity contribution < 1.29 is 4.79 Å². The quantitative estimate of drug-likeness (QED) is 0.503. The van der Waals surface area contributed by atoms with Gasteiger partial charge < -0.3 is 10.6 Å². The Hall–Kier alpha value is -1.60. The van der Waals surface area contributed by atoms with Crippen molar-refractivity contribution in [1.29, 1.82) is 0 Å². The highest BCUT2D eigenvalue weighted by atomic mass is 32.2. The number of thioether (sulfide) groups is 1. The van der Waals surface area contributed by atoms with Crippen molar-refractivity contribution in [3.63, 3.8) is 0 Å². The maximum absolute atomic E-state index is 12.2. The molecule has 0 aliphatic heterocycles. The molecule has 5 nitrogen and oxygen atoms in total. The van der Waals surface area contributed by atoms with Crippen molar-refractivity contribution in [2.24, 2.45) is 0 Å². The van der Waals surface area contributed by atoms with Crippen molar-refractivity contribution in [3.05, 3.63) is 23.6 Å². The van der Waals surface area contributed by atoms with Crippen molar-refractivity contribution in [3.8, 4) is 0 Å². The van der Waals surface area contributed by atoms with Crippen molar-refractivity contribution in [1.82, 2.24) is 14.9 Å². The summed E-state index contributed by atoms with van der Waals surface area (Å²) in [5, 5.41) is 3.34. The lowest BCUT2D eigenvalue weighted by Gasteiger charge is -2.20. The van der Waals surface area contributed by atoms with Gasteiger partial charge in [-0.25, -0.2) is 9.97 Å². The zero-order chi connectivity index (χ0) is 15.4. The molecule has 0 atom stereocenters. The average Bonchev–Trinajstić information content (AvgIpc) is 2.90. The summed E-state index contributed by atoms with van der Waals surface area (Å²) in [6.07, 6.45) is 0. The molecular weight excluding hydrogens is 304 g/mol. The van der Waals surface area contributed by atoms with E-state index in [4.69, 9.17) is 5.73 Å². The van der Waals surface area contributed by atoms with Crippen LogP contribution in [0.25, 0.3) is 10.2 Å². The first kappa shape index (κ1) is 15.8. The number of carbonyl (C=O) groups excluding carboxylic acids is 1.